The lowest BCUT2D eigenvalue weighted by Gasteiger charge is -2.10. The smallest absolute Gasteiger partial charge is 0.335 e. The van der Waals surface area contributed by atoms with Gasteiger partial charge >= 0.3 is 5.97 Å². The maximum atomic E-state index is 10.8. The van der Waals surface area contributed by atoms with E-state index in [1.807, 2.05) is 0 Å². The van der Waals surface area contributed by atoms with E-state index < -0.39 is 5.97 Å². The molecule has 1 aromatic carbocycles. The first-order chi connectivity index (χ1) is 9.75. The molecular formula is C15H20O5. The second kappa shape index (κ2) is 7.87. The average Bonchev–Trinajstić information content (AvgIpc) is 2.96. The van der Waals surface area contributed by atoms with E-state index in [1.165, 1.54) is 6.07 Å². The van der Waals surface area contributed by atoms with Gasteiger partial charge in [0.25, 0.3) is 0 Å². The lowest BCUT2D eigenvalue weighted by molar-refractivity contribution is 0.0141. The van der Waals surface area contributed by atoms with Gasteiger partial charge in [-0.15, -0.1) is 0 Å². The van der Waals surface area contributed by atoms with Crippen LogP contribution in [0.25, 0.3) is 0 Å². The number of rotatable bonds is 8. The Bertz CT molecular complexity index is 426. The zero-order valence-corrected chi connectivity index (χ0v) is 11.4. The third-order valence-electron chi connectivity index (χ3n) is 3.11. The van der Waals surface area contributed by atoms with Gasteiger partial charge in [-0.2, -0.15) is 0 Å². The minimum atomic E-state index is -0.949. The van der Waals surface area contributed by atoms with Crippen molar-refractivity contribution in [2.45, 2.75) is 25.4 Å². The van der Waals surface area contributed by atoms with Gasteiger partial charge in [0.15, 0.2) is 0 Å². The number of hydrogen-bond acceptors (Lipinski definition) is 4. The van der Waals surface area contributed by atoms with Crippen molar-refractivity contribution in [2.24, 2.45) is 0 Å². The molecule has 1 fully saturated rings. The molecule has 1 aliphatic heterocycles. The predicted molar refractivity (Wildman–Crippen MR) is 73.3 cm³/mol. The molecular weight excluding hydrogens is 260 g/mol. The maximum absolute atomic E-state index is 10.8. The summed E-state index contributed by atoms with van der Waals surface area (Å²) in [5, 5.41) is 8.87. The summed E-state index contributed by atoms with van der Waals surface area (Å²) in [5.41, 5.74) is 0.233. The molecule has 0 spiro atoms. The molecule has 1 aromatic rings. The highest BCUT2D eigenvalue weighted by atomic mass is 16.5. The first-order valence-electron chi connectivity index (χ1n) is 6.91. The number of benzene rings is 1. The van der Waals surface area contributed by atoms with Crippen LogP contribution in [-0.4, -0.2) is 43.6 Å². The summed E-state index contributed by atoms with van der Waals surface area (Å²) in [6, 6.07) is 6.49. The van der Waals surface area contributed by atoms with Crippen molar-refractivity contribution >= 4 is 5.97 Å². The van der Waals surface area contributed by atoms with Gasteiger partial charge < -0.3 is 19.3 Å². The van der Waals surface area contributed by atoms with E-state index in [4.69, 9.17) is 19.3 Å². The van der Waals surface area contributed by atoms with Gasteiger partial charge in [-0.3, -0.25) is 0 Å². The van der Waals surface area contributed by atoms with Crippen molar-refractivity contribution in [1.29, 1.82) is 0 Å². The zero-order valence-electron chi connectivity index (χ0n) is 11.4. The fourth-order valence-electron chi connectivity index (χ4n) is 2.06. The molecule has 1 atom stereocenters. The minimum absolute atomic E-state index is 0.233. The van der Waals surface area contributed by atoms with Gasteiger partial charge in [0, 0.05) is 19.6 Å². The molecule has 1 saturated heterocycles. The summed E-state index contributed by atoms with van der Waals surface area (Å²) in [6.07, 6.45) is 3.22. The summed E-state index contributed by atoms with van der Waals surface area (Å²) in [7, 11) is 0. The Labute approximate surface area is 118 Å². The first-order valence-corrected chi connectivity index (χ1v) is 6.91. The largest absolute Gasteiger partial charge is 0.493 e. The Morgan fingerprint density at radius 1 is 1.40 bits per heavy atom. The molecule has 0 aliphatic carbocycles. The highest BCUT2D eigenvalue weighted by Gasteiger charge is 2.14. The van der Waals surface area contributed by atoms with Crippen molar-refractivity contribution in [3.63, 3.8) is 0 Å². The number of carboxylic acids is 1. The third-order valence-corrected chi connectivity index (χ3v) is 3.11. The van der Waals surface area contributed by atoms with Crippen LogP contribution in [0.15, 0.2) is 24.3 Å². The molecule has 0 aromatic heterocycles. The molecule has 20 heavy (non-hydrogen) atoms. The van der Waals surface area contributed by atoms with E-state index in [-0.39, 0.29) is 11.7 Å². The average molecular weight is 280 g/mol. The quantitative estimate of drug-likeness (QED) is 0.740. The van der Waals surface area contributed by atoms with Crippen molar-refractivity contribution in [2.75, 3.05) is 26.4 Å². The fourth-order valence-corrected chi connectivity index (χ4v) is 2.06. The van der Waals surface area contributed by atoms with Crippen LogP contribution < -0.4 is 4.74 Å². The number of carbonyl (C=O) groups is 1. The minimum Gasteiger partial charge on any atom is -0.493 e. The van der Waals surface area contributed by atoms with Crippen molar-refractivity contribution in [1.82, 2.24) is 0 Å². The maximum Gasteiger partial charge on any atom is 0.335 e. The molecule has 0 radical (unpaired) electrons. The normalized spacial score (nSPS) is 18.1. The molecule has 0 amide bonds. The van der Waals surface area contributed by atoms with Gasteiger partial charge in [0.2, 0.25) is 0 Å². The van der Waals surface area contributed by atoms with Gasteiger partial charge in [-0.05, 0) is 31.0 Å². The van der Waals surface area contributed by atoms with Gasteiger partial charge in [0.05, 0.1) is 24.9 Å². The molecule has 1 heterocycles. The van der Waals surface area contributed by atoms with Crippen LogP contribution in [0.1, 0.15) is 29.6 Å². The van der Waals surface area contributed by atoms with E-state index in [2.05, 4.69) is 0 Å². The van der Waals surface area contributed by atoms with E-state index in [9.17, 15) is 4.79 Å². The summed E-state index contributed by atoms with van der Waals surface area (Å²) in [5.74, 6) is -0.376. The van der Waals surface area contributed by atoms with E-state index in [1.54, 1.807) is 18.2 Å². The Morgan fingerprint density at radius 3 is 3.05 bits per heavy atom. The van der Waals surface area contributed by atoms with Crippen LogP contribution in [0.4, 0.5) is 0 Å². The molecule has 5 nitrogen and oxygen atoms in total. The molecule has 5 heteroatoms. The Balaban J connectivity index is 1.58. The van der Waals surface area contributed by atoms with Crippen molar-refractivity contribution in [3.8, 4) is 5.75 Å². The molecule has 0 saturated carbocycles. The first kappa shape index (κ1) is 14.8. The molecule has 110 valence electrons. The van der Waals surface area contributed by atoms with Crippen molar-refractivity contribution in [3.05, 3.63) is 29.8 Å². The molecule has 0 bridgehead atoms. The number of ether oxygens (including phenoxy) is 3. The fraction of sp³-hybridized carbons (Fsp3) is 0.533. The highest BCUT2D eigenvalue weighted by Crippen LogP contribution is 2.14. The Kier molecular flexibility index (Phi) is 5.83. The Morgan fingerprint density at radius 2 is 2.30 bits per heavy atom. The van der Waals surface area contributed by atoms with Gasteiger partial charge in [-0.25, -0.2) is 4.79 Å². The number of carboxylic acid groups (broad SMARTS) is 1. The standard InChI is InChI=1S/C15H20O5/c16-15(17)12-4-1-5-13(10-12)19-9-3-7-18-11-14-6-2-8-20-14/h1,4-5,10,14H,2-3,6-9,11H2,(H,16,17). The summed E-state index contributed by atoms with van der Waals surface area (Å²) in [4.78, 5) is 10.8. The van der Waals surface area contributed by atoms with Crippen LogP contribution in [0.5, 0.6) is 5.75 Å². The second-order valence-corrected chi connectivity index (χ2v) is 4.74. The lowest BCUT2D eigenvalue weighted by Crippen LogP contribution is -2.15. The molecule has 1 unspecified atom stereocenters. The van der Waals surface area contributed by atoms with Crippen LogP contribution in [0.2, 0.25) is 0 Å². The summed E-state index contributed by atoms with van der Waals surface area (Å²) >= 11 is 0. The third kappa shape index (κ3) is 4.83. The number of aromatic carboxylic acids is 1. The van der Waals surface area contributed by atoms with Gasteiger partial charge in [0.1, 0.15) is 5.75 Å². The second-order valence-electron chi connectivity index (χ2n) is 4.74. The lowest BCUT2D eigenvalue weighted by atomic mass is 10.2. The molecule has 2 rings (SSSR count). The van der Waals surface area contributed by atoms with Crippen molar-refractivity contribution < 1.29 is 24.1 Å². The highest BCUT2D eigenvalue weighted by molar-refractivity contribution is 5.87. The molecule has 1 N–H and O–H groups in total. The summed E-state index contributed by atoms with van der Waals surface area (Å²) < 4.78 is 16.5. The Hall–Kier alpha value is -1.59. The zero-order chi connectivity index (χ0) is 14.2. The predicted octanol–water partition coefficient (Wildman–Crippen LogP) is 2.35. The number of hydrogen-bond donors (Lipinski definition) is 1. The van der Waals surface area contributed by atoms with E-state index in [0.29, 0.717) is 25.6 Å². The van der Waals surface area contributed by atoms with Crippen LogP contribution in [0.3, 0.4) is 0 Å². The SMILES string of the molecule is O=C(O)c1cccc(OCCCOCC2CCCO2)c1. The van der Waals surface area contributed by atoms with E-state index >= 15 is 0 Å². The van der Waals surface area contributed by atoms with Crippen LogP contribution in [-0.2, 0) is 9.47 Å². The van der Waals surface area contributed by atoms with Crippen LogP contribution >= 0.6 is 0 Å². The van der Waals surface area contributed by atoms with E-state index in [0.717, 1.165) is 25.9 Å². The monoisotopic (exact) mass is 280 g/mol. The molecule has 1 aliphatic rings. The van der Waals surface area contributed by atoms with Crippen LogP contribution in [0, 0.1) is 0 Å². The topological polar surface area (TPSA) is 65.0 Å². The van der Waals surface area contributed by atoms with Gasteiger partial charge in [-0.1, -0.05) is 6.07 Å². The summed E-state index contributed by atoms with van der Waals surface area (Å²) in [6.45, 7) is 2.62.